The van der Waals surface area contributed by atoms with E-state index >= 15 is 0 Å². The minimum Gasteiger partial charge on any atom is -0.480 e. The highest BCUT2D eigenvalue weighted by atomic mass is 35.5. The van der Waals surface area contributed by atoms with E-state index in [9.17, 15) is 4.39 Å². The topological polar surface area (TPSA) is 64.9 Å². The van der Waals surface area contributed by atoms with Crippen LogP contribution in [0.2, 0.25) is 5.02 Å². The fourth-order valence-electron chi connectivity index (χ4n) is 4.23. The third-order valence-corrected chi connectivity index (χ3v) is 5.87. The van der Waals surface area contributed by atoms with Crippen molar-refractivity contribution in [2.45, 2.75) is 12.1 Å². The van der Waals surface area contributed by atoms with E-state index in [0.29, 0.717) is 17.3 Å². The Kier molecular flexibility index (Phi) is 4.04. The molecule has 6 rings (SSSR count). The van der Waals surface area contributed by atoms with Gasteiger partial charge in [-0.25, -0.2) is 9.07 Å². The highest BCUT2D eigenvalue weighted by Gasteiger charge is 2.41. The molecule has 0 spiro atoms. The molecule has 31 heavy (non-hydrogen) atoms. The summed E-state index contributed by atoms with van der Waals surface area (Å²) in [5, 5.41) is 7.93. The van der Waals surface area contributed by atoms with Gasteiger partial charge in [-0.05, 0) is 41.5 Å². The summed E-state index contributed by atoms with van der Waals surface area (Å²) in [4.78, 5) is 8.69. The molecule has 1 N–H and O–H groups in total. The van der Waals surface area contributed by atoms with Crippen LogP contribution >= 0.6 is 11.6 Å². The zero-order valence-electron chi connectivity index (χ0n) is 16.0. The third-order valence-electron chi connectivity index (χ3n) is 5.57. The van der Waals surface area contributed by atoms with E-state index in [2.05, 4.69) is 20.4 Å². The number of rotatable bonds is 2. The van der Waals surface area contributed by atoms with Gasteiger partial charge in [-0.3, -0.25) is 4.98 Å². The molecule has 2 aromatic heterocycles. The van der Waals surface area contributed by atoms with Crippen LogP contribution in [0.25, 0.3) is 5.70 Å². The van der Waals surface area contributed by atoms with Crippen molar-refractivity contribution in [2.75, 3.05) is 5.32 Å². The normalized spacial score (nSPS) is 19.0. The SMILES string of the molecule is Fc1cc([C@@H]2Oc3ccccc3C3=C2[C@H](c2cccnc2)n2ncnc2N3)ccc1Cl. The summed E-state index contributed by atoms with van der Waals surface area (Å²) in [5.74, 6) is 0.823. The minimum absolute atomic E-state index is 0.0679. The fraction of sp³-hybridized carbons (Fsp3) is 0.0870. The van der Waals surface area contributed by atoms with Gasteiger partial charge in [-0.1, -0.05) is 35.9 Å². The molecule has 0 fully saturated rings. The van der Waals surface area contributed by atoms with Crippen LogP contribution in [0.3, 0.4) is 0 Å². The van der Waals surface area contributed by atoms with E-state index in [1.807, 2.05) is 36.4 Å². The van der Waals surface area contributed by atoms with Gasteiger partial charge in [-0.2, -0.15) is 10.1 Å². The number of ether oxygens (including phenoxy) is 1. The quantitative estimate of drug-likeness (QED) is 0.482. The summed E-state index contributed by atoms with van der Waals surface area (Å²) in [6, 6.07) is 16.0. The van der Waals surface area contributed by atoms with E-state index in [1.165, 1.54) is 12.4 Å². The lowest BCUT2D eigenvalue weighted by Gasteiger charge is -2.38. The minimum atomic E-state index is -0.563. The van der Waals surface area contributed by atoms with E-state index in [4.69, 9.17) is 16.3 Å². The Labute approximate surface area is 182 Å². The molecule has 2 aliphatic rings. The van der Waals surface area contributed by atoms with Crippen molar-refractivity contribution in [3.05, 3.63) is 106 Å². The van der Waals surface area contributed by atoms with Crippen LogP contribution in [-0.4, -0.2) is 19.7 Å². The van der Waals surface area contributed by atoms with Crippen molar-refractivity contribution in [3.63, 3.8) is 0 Å². The van der Waals surface area contributed by atoms with Crippen LogP contribution < -0.4 is 10.1 Å². The summed E-state index contributed by atoms with van der Waals surface area (Å²) < 4.78 is 22.6. The first-order chi connectivity index (χ1) is 15.2. The summed E-state index contributed by atoms with van der Waals surface area (Å²) in [6.45, 7) is 0. The number of para-hydroxylation sites is 1. The first-order valence-corrected chi connectivity index (χ1v) is 10.1. The molecule has 2 atom stereocenters. The number of fused-ring (bicyclic) bond motifs is 3. The predicted molar refractivity (Wildman–Crippen MR) is 114 cm³/mol. The Morgan fingerprint density at radius 2 is 1.97 bits per heavy atom. The van der Waals surface area contributed by atoms with E-state index in [1.54, 1.807) is 29.2 Å². The zero-order chi connectivity index (χ0) is 20.9. The predicted octanol–water partition coefficient (Wildman–Crippen LogP) is 5.03. The Bertz CT molecular complexity index is 1340. The van der Waals surface area contributed by atoms with Crippen LogP contribution in [0, 0.1) is 5.82 Å². The smallest absolute Gasteiger partial charge is 0.226 e. The van der Waals surface area contributed by atoms with Gasteiger partial charge in [0, 0.05) is 23.5 Å². The third kappa shape index (κ3) is 2.81. The Morgan fingerprint density at radius 3 is 2.81 bits per heavy atom. The Hall–Kier alpha value is -3.71. The molecule has 152 valence electrons. The number of hydrogen-bond acceptors (Lipinski definition) is 5. The molecule has 2 aliphatic heterocycles. The fourth-order valence-corrected chi connectivity index (χ4v) is 4.34. The number of aromatic nitrogens is 4. The molecule has 0 amide bonds. The van der Waals surface area contributed by atoms with Crippen LogP contribution in [0.4, 0.5) is 10.3 Å². The van der Waals surface area contributed by atoms with Gasteiger partial charge in [0.2, 0.25) is 5.95 Å². The molecule has 8 heteroatoms. The second-order valence-corrected chi connectivity index (χ2v) is 7.75. The molecule has 0 saturated carbocycles. The summed E-state index contributed by atoms with van der Waals surface area (Å²) >= 11 is 5.94. The summed E-state index contributed by atoms with van der Waals surface area (Å²) in [5.41, 5.74) is 4.25. The monoisotopic (exact) mass is 431 g/mol. The summed E-state index contributed by atoms with van der Waals surface area (Å²) in [6.07, 6.45) is 4.47. The maximum Gasteiger partial charge on any atom is 0.226 e. The number of hydrogen-bond donors (Lipinski definition) is 1. The van der Waals surface area contributed by atoms with Crippen LogP contribution in [0.5, 0.6) is 5.75 Å². The van der Waals surface area contributed by atoms with E-state index < -0.39 is 11.9 Å². The average Bonchev–Trinajstić information content (AvgIpc) is 3.28. The molecule has 0 radical (unpaired) electrons. The van der Waals surface area contributed by atoms with Crippen molar-refractivity contribution in [3.8, 4) is 5.75 Å². The molecule has 0 aliphatic carbocycles. The molecule has 4 aromatic rings. The van der Waals surface area contributed by atoms with E-state index in [-0.39, 0.29) is 11.1 Å². The van der Waals surface area contributed by atoms with Gasteiger partial charge >= 0.3 is 0 Å². The molecular formula is C23H15ClFN5O. The first-order valence-electron chi connectivity index (χ1n) is 9.72. The van der Waals surface area contributed by atoms with Crippen LogP contribution in [0.15, 0.2) is 78.9 Å². The number of pyridine rings is 1. The van der Waals surface area contributed by atoms with Crippen molar-refractivity contribution >= 4 is 23.2 Å². The number of nitrogens with one attached hydrogen (secondary N) is 1. The largest absolute Gasteiger partial charge is 0.480 e. The highest BCUT2D eigenvalue weighted by molar-refractivity contribution is 6.30. The molecule has 0 saturated heterocycles. The van der Waals surface area contributed by atoms with Crippen LogP contribution in [0.1, 0.15) is 28.8 Å². The second kappa shape index (κ2) is 6.92. The van der Waals surface area contributed by atoms with Gasteiger partial charge in [0.05, 0.1) is 10.7 Å². The van der Waals surface area contributed by atoms with Gasteiger partial charge in [0.25, 0.3) is 0 Å². The number of nitrogens with zero attached hydrogens (tertiary/aromatic N) is 4. The Morgan fingerprint density at radius 1 is 1.06 bits per heavy atom. The van der Waals surface area contributed by atoms with Crippen molar-refractivity contribution in [2.24, 2.45) is 0 Å². The van der Waals surface area contributed by atoms with Crippen molar-refractivity contribution in [1.82, 2.24) is 19.7 Å². The van der Waals surface area contributed by atoms with Gasteiger partial charge in [0.1, 0.15) is 30.0 Å². The number of benzene rings is 2. The van der Waals surface area contributed by atoms with E-state index in [0.717, 1.165) is 22.4 Å². The molecule has 4 heterocycles. The first kappa shape index (κ1) is 18.1. The van der Waals surface area contributed by atoms with Crippen molar-refractivity contribution in [1.29, 1.82) is 0 Å². The molecule has 2 aromatic carbocycles. The highest BCUT2D eigenvalue weighted by Crippen LogP contribution is 2.50. The average molecular weight is 432 g/mol. The Balaban J connectivity index is 1.63. The number of halogens is 2. The standard InChI is InChI=1S/C23H15ClFN5O/c24-16-8-7-13(10-17(16)25)22-19-20(15-5-1-2-6-18(15)31-22)29-23-27-12-28-30(23)21(19)14-4-3-9-26-11-14/h1-12,21-22H,(H,27,28,29)/t21-,22-/m0/s1. The lowest BCUT2D eigenvalue weighted by atomic mass is 9.85. The molecule has 0 unspecified atom stereocenters. The molecule has 0 bridgehead atoms. The molecule has 6 nitrogen and oxygen atoms in total. The molecular weight excluding hydrogens is 417 g/mol. The lowest BCUT2D eigenvalue weighted by molar-refractivity contribution is 0.222. The maximum absolute atomic E-state index is 14.4. The summed E-state index contributed by atoms with van der Waals surface area (Å²) in [7, 11) is 0. The second-order valence-electron chi connectivity index (χ2n) is 7.34. The van der Waals surface area contributed by atoms with Gasteiger partial charge < -0.3 is 10.1 Å². The number of anilines is 1. The van der Waals surface area contributed by atoms with Crippen molar-refractivity contribution < 1.29 is 9.13 Å². The van der Waals surface area contributed by atoms with Gasteiger partial charge in [-0.15, -0.1) is 0 Å². The van der Waals surface area contributed by atoms with Crippen LogP contribution in [-0.2, 0) is 0 Å². The lowest BCUT2D eigenvalue weighted by Crippen LogP contribution is -2.32. The van der Waals surface area contributed by atoms with Gasteiger partial charge in [0.15, 0.2) is 0 Å². The maximum atomic E-state index is 14.4. The zero-order valence-corrected chi connectivity index (χ0v) is 16.8.